The molecule has 0 N–H and O–H groups in total. The number of ether oxygens (including phenoxy) is 1. The third kappa shape index (κ3) is 3.91. The van der Waals surface area contributed by atoms with Gasteiger partial charge in [0.2, 0.25) is 0 Å². The minimum atomic E-state index is -0.325. The molecule has 14 heavy (non-hydrogen) atoms. The van der Waals surface area contributed by atoms with E-state index in [9.17, 15) is 4.79 Å². The largest absolute Gasteiger partial charge is 0.447 e. The van der Waals surface area contributed by atoms with Gasteiger partial charge in [-0.1, -0.05) is 18.2 Å². The van der Waals surface area contributed by atoms with Crippen molar-refractivity contribution in [1.29, 1.82) is 0 Å². The van der Waals surface area contributed by atoms with Crippen molar-refractivity contribution >= 4 is 5.97 Å². The Hall–Kier alpha value is -1.55. The second kappa shape index (κ2) is 5.24. The van der Waals surface area contributed by atoms with E-state index in [1.54, 1.807) is 7.05 Å². The van der Waals surface area contributed by atoms with E-state index in [-0.39, 0.29) is 12.7 Å². The smallest absolute Gasteiger partial charge is 0.304 e. The lowest BCUT2D eigenvalue weighted by Gasteiger charge is -2.16. The maximum Gasteiger partial charge on any atom is 0.304 e. The van der Waals surface area contributed by atoms with Crippen molar-refractivity contribution in [3.8, 4) is 5.75 Å². The summed E-state index contributed by atoms with van der Waals surface area (Å²) in [6.07, 6.45) is 0. The van der Waals surface area contributed by atoms with Crippen molar-refractivity contribution < 1.29 is 14.4 Å². The van der Waals surface area contributed by atoms with E-state index in [0.717, 1.165) is 0 Å². The molecule has 0 aliphatic rings. The Morgan fingerprint density at radius 2 is 2.00 bits per heavy atom. The number of nitrogens with zero attached hydrogens (tertiary/aromatic N) is 1. The van der Waals surface area contributed by atoms with Gasteiger partial charge in [0.1, 0.15) is 5.75 Å². The molecule has 4 nitrogen and oxygen atoms in total. The molecule has 0 amide bonds. The number of hydrogen-bond donors (Lipinski definition) is 0. The summed E-state index contributed by atoms with van der Waals surface area (Å²) in [6.45, 7) is 1.47. The van der Waals surface area contributed by atoms with E-state index < -0.39 is 0 Å². The minimum absolute atomic E-state index is 0.115. The van der Waals surface area contributed by atoms with E-state index >= 15 is 0 Å². The SMILES string of the molecule is CC(=O)OCN(C)Oc1ccccc1. The topological polar surface area (TPSA) is 38.8 Å². The maximum atomic E-state index is 10.5. The van der Waals surface area contributed by atoms with Gasteiger partial charge in [0.25, 0.3) is 0 Å². The molecule has 0 aromatic heterocycles. The van der Waals surface area contributed by atoms with E-state index in [2.05, 4.69) is 0 Å². The summed E-state index contributed by atoms with van der Waals surface area (Å²) in [7, 11) is 1.69. The number of para-hydroxylation sites is 1. The summed E-state index contributed by atoms with van der Waals surface area (Å²) in [6, 6.07) is 9.29. The highest BCUT2D eigenvalue weighted by atomic mass is 16.7. The van der Waals surface area contributed by atoms with E-state index in [1.807, 2.05) is 30.3 Å². The van der Waals surface area contributed by atoms with Crippen LogP contribution in [-0.2, 0) is 9.53 Å². The van der Waals surface area contributed by atoms with Crippen LogP contribution in [0.4, 0.5) is 0 Å². The van der Waals surface area contributed by atoms with Gasteiger partial charge in [-0.2, -0.15) is 0 Å². The van der Waals surface area contributed by atoms with E-state index in [1.165, 1.54) is 12.0 Å². The fraction of sp³-hybridized carbons (Fsp3) is 0.300. The molecule has 1 rings (SSSR count). The average Bonchev–Trinajstić information content (AvgIpc) is 2.16. The summed E-state index contributed by atoms with van der Waals surface area (Å²) in [4.78, 5) is 15.8. The number of rotatable bonds is 4. The zero-order valence-corrected chi connectivity index (χ0v) is 8.27. The lowest BCUT2D eigenvalue weighted by atomic mass is 10.3. The lowest BCUT2D eigenvalue weighted by Crippen LogP contribution is -2.26. The highest BCUT2D eigenvalue weighted by molar-refractivity contribution is 5.65. The fourth-order valence-corrected chi connectivity index (χ4v) is 0.869. The highest BCUT2D eigenvalue weighted by Crippen LogP contribution is 2.09. The first-order valence-corrected chi connectivity index (χ1v) is 4.26. The van der Waals surface area contributed by atoms with Crippen LogP contribution in [0.15, 0.2) is 30.3 Å². The first-order chi connectivity index (χ1) is 6.68. The van der Waals surface area contributed by atoms with Crippen LogP contribution in [0.5, 0.6) is 5.75 Å². The third-order valence-electron chi connectivity index (χ3n) is 1.45. The Labute approximate surface area is 83.0 Å². The average molecular weight is 195 g/mol. The van der Waals surface area contributed by atoms with E-state index in [0.29, 0.717) is 5.75 Å². The second-order valence-electron chi connectivity index (χ2n) is 2.80. The molecule has 4 heteroatoms. The van der Waals surface area contributed by atoms with Crippen molar-refractivity contribution in [2.24, 2.45) is 0 Å². The van der Waals surface area contributed by atoms with Gasteiger partial charge in [-0.15, -0.1) is 5.06 Å². The highest BCUT2D eigenvalue weighted by Gasteiger charge is 2.01. The molecule has 1 aromatic rings. The van der Waals surface area contributed by atoms with Gasteiger partial charge in [0, 0.05) is 14.0 Å². The van der Waals surface area contributed by atoms with Crippen molar-refractivity contribution in [3.05, 3.63) is 30.3 Å². The Morgan fingerprint density at radius 1 is 1.36 bits per heavy atom. The Balaban J connectivity index is 2.34. The van der Waals surface area contributed by atoms with Gasteiger partial charge >= 0.3 is 5.97 Å². The van der Waals surface area contributed by atoms with Crippen molar-refractivity contribution in [2.75, 3.05) is 13.8 Å². The van der Waals surface area contributed by atoms with Crippen LogP contribution in [0.3, 0.4) is 0 Å². The van der Waals surface area contributed by atoms with Crippen LogP contribution in [0.1, 0.15) is 6.92 Å². The molecule has 76 valence electrons. The Morgan fingerprint density at radius 3 is 2.57 bits per heavy atom. The molecule has 1 aromatic carbocycles. The summed E-state index contributed by atoms with van der Waals surface area (Å²) >= 11 is 0. The first-order valence-electron chi connectivity index (χ1n) is 4.26. The first kappa shape index (κ1) is 10.5. The van der Waals surface area contributed by atoms with Crippen LogP contribution in [0, 0.1) is 0 Å². The molecular weight excluding hydrogens is 182 g/mol. The van der Waals surface area contributed by atoms with Gasteiger partial charge in [-0.3, -0.25) is 4.79 Å². The molecule has 0 saturated carbocycles. The molecule has 0 aliphatic heterocycles. The third-order valence-corrected chi connectivity index (χ3v) is 1.45. The molecule has 0 fully saturated rings. The zero-order chi connectivity index (χ0) is 10.4. The number of carbonyl (C=O) groups is 1. The number of benzene rings is 1. The van der Waals surface area contributed by atoms with Crippen LogP contribution in [0.25, 0.3) is 0 Å². The predicted octanol–water partition coefficient (Wildman–Crippen LogP) is 1.43. The van der Waals surface area contributed by atoms with Crippen LogP contribution in [0.2, 0.25) is 0 Å². The number of hydrogen-bond acceptors (Lipinski definition) is 4. The molecule has 0 radical (unpaired) electrons. The Kier molecular flexibility index (Phi) is 3.94. The molecular formula is C10H13NO3. The van der Waals surface area contributed by atoms with Crippen molar-refractivity contribution in [2.45, 2.75) is 6.92 Å². The molecule has 0 saturated heterocycles. The lowest BCUT2D eigenvalue weighted by molar-refractivity contribution is -0.161. The van der Waals surface area contributed by atoms with Crippen LogP contribution in [-0.4, -0.2) is 24.8 Å². The summed E-state index contributed by atoms with van der Waals surface area (Å²) < 4.78 is 4.74. The molecule has 0 heterocycles. The van der Waals surface area contributed by atoms with Gasteiger partial charge < -0.3 is 9.57 Å². The summed E-state index contributed by atoms with van der Waals surface area (Å²) in [5.74, 6) is 0.385. The monoisotopic (exact) mass is 195 g/mol. The molecule has 0 aliphatic carbocycles. The summed E-state index contributed by atoms with van der Waals surface area (Å²) in [5.41, 5.74) is 0. The molecule has 0 unspecified atom stereocenters. The standard InChI is InChI=1S/C10H13NO3/c1-9(12)13-8-11(2)14-10-6-4-3-5-7-10/h3-7H,8H2,1-2H3. The predicted molar refractivity (Wildman–Crippen MR) is 51.5 cm³/mol. The second-order valence-corrected chi connectivity index (χ2v) is 2.80. The van der Waals surface area contributed by atoms with Crippen molar-refractivity contribution in [1.82, 2.24) is 5.06 Å². The number of esters is 1. The minimum Gasteiger partial charge on any atom is -0.447 e. The Bertz CT molecular complexity index is 287. The van der Waals surface area contributed by atoms with Gasteiger partial charge in [0.05, 0.1) is 0 Å². The van der Waals surface area contributed by atoms with Crippen LogP contribution < -0.4 is 4.84 Å². The van der Waals surface area contributed by atoms with Crippen molar-refractivity contribution in [3.63, 3.8) is 0 Å². The van der Waals surface area contributed by atoms with E-state index in [4.69, 9.17) is 9.57 Å². The number of hydroxylamine groups is 2. The van der Waals surface area contributed by atoms with Gasteiger partial charge in [-0.25, -0.2) is 0 Å². The maximum absolute atomic E-state index is 10.5. The quantitative estimate of drug-likeness (QED) is 0.414. The number of carbonyl (C=O) groups excluding carboxylic acids is 1. The summed E-state index contributed by atoms with van der Waals surface area (Å²) in [5, 5.41) is 1.44. The fourth-order valence-electron chi connectivity index (χ4n) is 0.869. The van der Waals surface area contributed by atoms with Gasteiger partial charge in [-0.05, 0) is 12.1 Å². The van der Waals surface area contributed by atoms with Gasteiger partial charge in [0.15, 0.2) is 6.73 Å². The zero-order valence-electron chi connectivity index (χ0n) is 8.27. The molecule has 0 bridgehead atoms. The molecule has 0 atom stereocenters. The molecule has 0 spiro atoms. The van der Waals surface area contributed by atoms with Crippen LogP contribution >= 0.6 is 0 Å². The normalized spacial score (nSPS) is 9.93.